The van der Waals surface area contributed by atoms with E-state index in [2.05, 4.69) is 0 Å². The van der Waals surface area contributed by atoms with E-state index in [1.807, 2.05) is 53.5 Å². The lowest BCUT2D eigenvalue weighted by Crippen LogP contribution is -2.48. The maximum atomic E-state index is 14.6. The number of ketones is 3. The maximum Gasteiger partial charge on any atom is 0.185 e. The zero-order valence-corrected chi connectivity index (χ0v) is 21.6. The average Bonchev–Trinajstić information content (AvgIpc) is 3.43. The molecular formula is C34H24FNO4. The van der Waals surface area contributed by atoms with Crippen LogP contribution in [0.15, 0.2) is 103 Å². The van der Waals surface area contributed by atoms with Crippen LogP contribution in [0.3, 0.4) is 0 Å². The molecule has 0 saturated carbocycles. The molecule has 40 heavy (non-hydrogen) atoms. The van der Waals surface area contributed by atoms with Crippen LogP contribution in [0.4, 0.5) is 10.1 Å². The minimum absolute atomic E-state index is 0.288. The molecule has 1 spiro atoms. The van der Waals surface area contributed by atoms with Gasteiger partial charge in [-0.15, -0.1) is 0 Å². The normalized spacial score (nSPS) is 21.8. The molecule has 0 aromatic heterocycles. The Morgan fingerprint density at radius 1 is 0.825 bits per heavy atom. The van der Waals surface area contributed by atoms with Crippen LogP contribution < -0.4 is 9.64 Å². The number of fused-ring (bicyclic) bond motifs is 5. The lowest BCUT2D eigenvalue weighted by molar-refractivity contribution is 0.0666. The predicted molar refractivity (Wildman–Crippen MR) is 150 cm³/mol. The van der Waals surface area contributed by atoms with Crippen molar-refractivity contribution in [1.29, 1.82) is 0 Å². The molecule has 1 fully saturated rings. The number of hydrogen-bond acceptors (Lipinski definition) is 5. The lowest BCUT2D eigenvalue weighted by Gasteiger charge is -2.37. The number of para-hydroxylation sites is 1. The molecule has 2 heterocycles. The Bertz CT molecular complexity index is 1690. The van der Waals surface area contributed by atoms with Crippen molar-refractivity contribution in [2.45, 2.75) is 18.0 Å². The molecule has 3 atom stereocenters. The van der Waals surface area contributed by atoms with Crippen molar-refractivity contribution in [2.75, 3.05) is 12.0 Å². The third-order valence-electron chi connectivity index (χ3n) is 8.59. The van der Waals surface area contributed by atoms with E-state index < -0.39 is 29.2 Å². The van der Waals surface area contributed by atoms with Gasteiger partial charge in [0.2, 0.25) is 0 Å². The number of carbonyl (C=O) groups excluding carboxylic acids is 3. The van der Waals surface area contributed by atoms with Crippen molar-refractivity contribution in [2.24, 2.45) is 5.41 Å². The van der Waals surface area contributed by atoms with E-state index in [1.54, 1.807) is 43.5 Å². The molecule has 3 aliphatic rings. The highest BCUT2D eigenvalue weighted by atomic mass is 19.1. The van der Waals surface area contributed by atoms with Gasteiger partial charge in [-0.1, -0.05) is 66.7 Å². The van der Waals surface area contributed by atoms with Gasteiger partial charge in [-0.25, -0.2) is 4.39 Å². The Hall–Kier alpha value is -4.84. The standard InChI is InChI=1S/C34H24FNO4/c1-40-24-17-12-21(13-18-24)29-30(31(37)22-10-15-23(35)16-11-22)36-27-9-5-2-6-20(27)14-19-28(36)34(29)32(38)25-7-3-4-8-26(25)33(34)39/h2-19,28-30H,1H3/t28-,29-,30+/m1/s1. The van der Waals surface area contributed by atoms with Crippen LogP contribution in [0.1, 0.15) is 48.1 Å². The minimum Gasteiger partial charge on any atom is -0.497 e. The Morgan fingerprint density at radius 3 is 2.10 bits per heavy atom. The Kier molecular flexibility index (Phi) is 5.36. The summed E-state index contributed by atoms with van der Waals surface area (Å²) >= 11 is 0. The SMILES string of the molecule is COc1ccc([C@@H]2[C@@H](C(=O)c3ccc(F)cc3)N3c4ccccc4C=C[C@@H]3C23C(=O)c2ccccc2C3=O)cc1. The molecule has 4 aromatic carbocycles. The first-order valence-corrected chi connectivity index (χ1v) is 13.1. The second kappa shape index (κ2) is 8.85. The van der Waals surface area contributed by atoms with Crippen molar-refractivity contribution in [3.63, 3.8) is 0 Å². The van der Waals surface area contributed by atoms with Gasteiger partial charge in [-0.3, -0.25) is 14.4 Å². The summed E-state index contributed by atoms with van der Waals surface area (Å²) in [7, 11) is 1.57. The van der Waals surface area contributed by atoms with Crippen LogP contribution in [-0.2, 0) is 0 Å². The van der Waals surface area contributed by atoms with Crippen LogP contribution in [0.5, 0.6) is 5.75 Å². The lowest BCUT2D eigenvalue weighted by atomic mass is 9.64. The second-order valence-electron chi connectivity index (χ2n) is 10.4. The highest BCUT2D eigenvalue weighted by molar-refractivity contribution is 6.32. The Labute approximate surface area is 230 Å². The number of nitrogens with zero attached hydrogens (tertiary/aromatic N) is 1. The first kappa shape index (κ1) is 24.2. The number of anilines is 1. The Balaban J connectivity index is 1.53. The molecule has 1 saturated heterocycles. The summed E-state index contributed by atoms with van der Waals surface area (Å²) in [6.07, 6.45) is 3.82. The monoisotopic (exact) mass is 529 g/mol. The van der Waals surface area contributed by atoms with E-state index in [0.29, 0.717) is 28.0 Å². The molecule has 4 aromatic rings. The summed E-state index contributed by atoms with van der Waals surface area (Å²) in [6.45, 7) is 0. The molecule has 2 aliphatic heterocycles. The summed E-state index contributed by atoms with van der Waals surface area (Å²) in [5.41, 5.74) is 1.79. The van der Waals surface area contributed by atoms with E-state index in [1.165, 1.54) is 24.3 Å². The highest BCUT2D eigenvalue weighted by Gasteiger charge is 2.71. The summed E-state index contributed by atoms with van der Waals surface area (Å²) in [6, 6.07) is 25.6. The van der Waals surface area contributed by atoms with Gasteiger partial charge in [0.1, 0.15) is 23.0 Å². The van der Waals surface area contributed by atoms with Crippen molar-refractivity contribution in [3.05, 3.63) is 137 Å². The summed E-state index contributed by atoms with van der Waals surface area (Å²) < 4.78 is 19.2. The van der Waals surface area contributed by atoms with Gasteiger partial charge in [0.15, 0.2) is 17.3 Å². The first-order valence-electron chi connectivity index (χ1n) is 13.1. The number of ether oxygens (including phenoxy) is 1. The van der Waals surface area contributed by atoms with Gasteiger partial charge in [0, 0.05) is 28.3 Å². The minimum atomic E-state index is -1.58. The van der Waals surface area contributed by atoms with Gasteiger partial charge in [0.05, 0.1) is 13.2 Å². The number of benzene rings is 4. The fourth-order valence-corrected chi connectivity index (χ4v) is 6.89. The smallest absolute Gasteiger partial charge is 0.185 e. The molecule has 0 unspecified atom stereocenters. The summed E-state index contributed by atoms with van der Waals surface area (Å²) in [5.74, 6) is -1.53. The number of carbonyl (C=O) groups is 3. The fraction of sp³-hybridized carbons (Fsp3) is 0.147. The quantitative estimate of drug-likeness (QED) is 0.234. The predicted octanol–water partition coefficient (Wildman–Crippen LogP) is 6.15. The van der Waals surface area contributed by atoms with E-state index >= 15 is 0 Å². The number of rotatable bonds is 4. The highest BCUT2D eigenvalue weighted by Crippen LogP contribution is 2.61. The zero-order chi connectivity index (χ0) is 27.6. The molecule has 0 bridgehead atoms. The molecule has 5 nitrogen and oxygen atoms in total. The molecule has 0 amide bonds. The van der Waals surface area contributed by atoms with Crippen LogP contribution in [0.25, 0.3) is 6.08 Å². The third-order valence-corrected chi connectivity index (χ3v) is 8.59. The van der Waals surface area contributed by atoms with Crippen molar-refractivity contribution in [1.82, 2.24) is 0 Å². The van der Waals surface area contributed by atoms with Crippen molar-refractivity contribution >= 4 is 29.1 Å². The van der Waals surface area contributed by atoms with Crippen molar-refractivity contribution < 1.29 is 23.5 Å². The summed E-state index contributed by atoms with van der Waals surface area (Å²) in [5, 5.41) is 0. The second-order valence-corrected chi connectivity index (χ2v) is 10.4. The van der Waals surface area contributed by atoms with Gasteiger partial charge < -0.3 is 9.64 Å². The fourth-order valence-electron chi connectivity index (χ4n) is 6.89. The van der Waals surface area contributed by atoms with E-state index in [-0.39, 0.29) is 17.3 Å². The van der Waals surface area contributed by atoms with Gasteiger partial charge in [-0.05, 0) is 53.6 Å². The molecule has 0 radical (unpaired) electrons. The van der Waals surface area contributed by atoms with Gasteiger partial charge >= 0.3 is 0 Å². The van der Waals surface area contributed by atoms with E-state index in [0.717, 1.165) is 11.3 Å². The molecular weight excluding hydrogens is 505 g/mol. The van der Waals surface area contributed by atoms with Crippen LogP contribution >= 0.6 is 0 Å². The number of hydrogen-bond donors (Lipinski definition) is 0. The van der Waals surface area contributed by atoms with Crippen LogP contribution in [-0.4, -0.2) is 36.5 Å². The molecule has 6 heteroatoms. The number of Topliss-reactive ketones (excluding diaryl/α,β-unsaturated/α-hetero) is 3. The van der Waals surface area contributed by atoms with Gasteiger partial charge in [-0.2, -0.15) is 0 Å². The average molecular weight is 530 g/mol. The maximum absolute atomic E-state index is 14.6. The first-order chi connectivity index (χ1) is 19.5. The molecule has 196 valence electrons. The number of halogens is 1. The molecule has 7 rings (SSSR count). The van der Waals surface area contributed by atoms with E-state index in [4.69, 9.17) is 4.74 Å². The van der Waals surface area contributed by atoms with Gasteiger partial charge in [0.25, 0.3) is 0 Å². The largest absolute Gasteiger partial charge is 0.497 e. The zero-order valence-electron chi connectivity index (χ0n) is 21.6. The van der Waals surface area contributed by atoms with Crippen molar-refractivity contribution in [3.8, 4) is 5.75 Å². The number of methoxy groups -OCH3 is 1. The topological polar surface area (TPSA) is 63.7 Å². The summed E-state index contributed by atoms with van der Waals surface area (Å²) in [4.78, 5) is 45.6. The Morgan fingerprint density at radius 2 is 1.45 bits per heavy atom. The van der Waals surface area contributed by atoms with E-state index in [9.17, 15) is 18.8 Å². The molecule has 0 N–H and O–H groups in total. The van der Waals surface area contributed by atoms with Crippen LogP contribution in [0.2, 0.25) is 0 Å². The third kappa shape index (κ3) is 3.16. The van der Waals surface area contributed by atoms with Crippen LogP contribution in [0, 0.1) is 11.2 Å². The molecule has 1 aliphatic carbocycles.